The van der Waals surface area contributed by atoms with E-state index in [0.717, 1.165) is 38.5 Å². The normalized spacial score (nSPS) is 12.4. The third-order valence-electron chi connectivity index (χ3n) is 2.78. The number of esters is 1. The topological polar surface area (TPSA) is 44.8 Å². The number of carbonyl (C=O) groups is 1. The molecule has 0 saturated carbocycles. The maximum atomic E-state index is 10.8. The van der Waals surface area contributed by atoms with Gasteiger partial charge in [0.1, 0.15) is 6.10 Å². The summed E-state index contributed by atoms with van der Waals surface area (Å²) in [5.74, 6) is -0.247. The Morgan fingerprint density at radius 1 is 1.11 bits per heavy atom. The summed E-state index contributed by atoms with van der Waals surface area (Å²) in [6.45, 7) is 5.09. The Morgan fingerprint density at radius 2 is 1.67 bits per heavy atom. The predicted octanol–water partition coefficient (Wildman–Crippen LogP) is 3.06. The molecule has 0 amide bonds. The van der Waals surface area contributed by atoms with Crippen LogP contribution in [0.15, 0.2) is 12.7 Å². The van der Waals surface area contributed by atoms with Gasteiger partial charge in [-0.05, 0) is 25.7 Å². The highest BCUT2D eigenvalue weighted by Gasteiger charge is 2.07. The van der Waals surface area contributed by atoms with Crippen LogP contribution < -0.4 is 0 Å². The molecule has 0 bridgehead atoms. The summed E-state index contributed by atoms with van der Waals surface area (Å²) >= 11 is 0. The van der Waals surface area contributed by atoms with Crippen LogP contribution in [0.3, 0.4) is 0 Å². The molecule has 0 aromatic heterocycles. The molecule has 0 aromatic rings. The first-order valence-corrected chi connectivity index (χ1v) is 6.49. The van der Waals surface area contributed by atoms with Crippen LogP contribution in [0, 0.1) is 0 Å². The van der Waals surface area contributed by atoms with Crippen molar-refractivity contribution in [1.29, 1.82) is 0 Å². The zero-order valence-corrected chi connectivity index (χ0v) is 11.8. The molecule has 106 valence electrons. The van der Waals surface area contributed by atoms with E-state index < -0.39 is 0 Å². The highest BCUT2D eigenvalue weighted by molar-refractivity contribution is 5.66. The first kappa shape index (κ1) is 17.1. The third kappa shape index (κ3) is 9.19. The minimum atomic E-state index is -0.247. The Bertz CT molecular complexity index is 224. The van der Waals surface area contributed by atoms with Gasteiger partial charge in [0, 0.05) is 21.1 Å². The van der Waals surface area contributed by atoms with E-state index in [-0.39, 0.29) is 18.4 Å². The monoisotopic (exact) mass is 258 g/mol. The van der Waals surface area contributed by atoms with Crippen LogP contribution in [-0.4, -0.2) is 32.6 Å². The molecule has 0 aliphatic rings. The summed E-state index contributed by atoms with van der Waals surface area (Å²) in [5, 5.41) is 0. The summed E-state index contributed by atoms with van der Waals surface area (Å²) in [5.41, 5.74) is 0. The number of unbranched alkanes of at least 4 members (excludes halogenated alkanes) is 3. The molecular weight excluding hydrogens is 232 g/mol. The fraction of sp³-hybridized carbons (Fsp3) is 0.786. The lowest BCUT2D eigenvalue weighted by Crippen LogP contribution is -2.13. The van der Waals surface area contributed by atoms with Crippen molar-refractivity contribution in [3.05, 3.63) is 12.7 Å². The molecule has 0 heterocycles. The van der Waals surface area contributed by atoms with E-state index in [4.69, 9.17) is 14.2 Å². The first-order valence-electron chi connectivity index (χ1n) is 6.49. The summed E-state index contributed by atoms with van der Waals surface area (Å²) in [4.78, 5) is 10.8. The third-order valence-corrected chi connectivity index (χ3v) is 2.78. The molecule has 0 aromatic carbocycles. The van der Waals surface area contributed by atoms with Gasteiger partial charge >= 0.3 is 5.97 Å². The van der Waals surface area contributed by atoms with E-state index >= 15 is 0 Å². The summed E-state index contributed by atoms with van der Waals surface area (Å²) in [6.07, 6.45) is 7.59. The largest absolute Gasteiger partial charge is 0.458 e. The zero-order valence-electron chi connectivity index (χ0n) is 11.8. The summed E-state index contributed by atoms with van der Waals surface area (Å²) in [7, 11) is 3.31. The van der Waals surface area contributed by atoms with Crippen molar-refractivity contribution in [2.45, 2.75) is 57.8 Å². The Hall–Kier alpha value is -0.870. The highest BCUT2D eigenvalue weighted by atomic mass is 16.7. The zero-order chi connectivity index (χ0) is 13.8. The lowest BCUT2D eigenvalue weighted by Gasteiger charge is -2.14. The predicted molar refractivity (Wildman–Crippen MR) is 71.3 cm³/mol. The Labute approximate surface area is 110 Å². The van der Waals surface area contributed by atoms with Crippen LogP contribution in [-0.2, 0) is 19.0 Å². The van der Waals surface area contributed by atoms with E-state index in [9.17, 15) is 4.79 Å². The van der Waals surface area contributed by atoms with Gasteiger partial charge in [0.15, 0.2) is 6.29 Å². The number of hydrogen-bond donors (Lipinski definition) is 0. The highest BCUT2D eigenvalue weighted by Crippen LogP contribution is 2.12. The van der Waals surface area contributed by atoms with Gasteiger partial charge in [-0.15, -0.1) is 0 Å². The molecule has 0 aliphatic carbocycles. The minimum Gasteiger partial charge on any atom is -0.458 e. The van der Waals surface area contributed by atoms with Crippen molar-refractivity contribution in [1.82, 2.24) is 0 Å². The Morgan fingerprint density at radius 3 is 2.11 bits per heavy atom. The van der Waals surface area contributed by atoms with E-state index in [2.05, 4.69) is 6.58 Å². The van der Waals surface area contributed by atoms with Gasteiger partial charge < -0.3 is 14.2 Å². The van der Waals surface area contributed by atoms with Gasteiger partial charge in [0.2, 0.25) is 0 Å². The fourth-order valence-corrected chi connectivity index (χ4v) is 1.78. The lowest BCUT2D eigenvalue weighted by molar-refractivity contribution is -0.144. The van der Waals surface area contributed by atoms with Crippen molar-refractivity contribution in [3.63, 3.8) is 0 Å². The van der Waals surface area contributed by atoms with E-state index in [1.165, 1.54) is 6.92 Å². The van der Waals surface area contributed by atoms with Crippen molar-refractivity contribution in [2.75, 3.05) is 14.2 Å². The molecule has 0 saturated heterocycles. The second-order valence-corrected chi connectivity index (χ2v) is 4.28. The molecule has 0 fully saturated rings. The lowest BCUT2D eigenvalue weighted by atomic mass is 10.1. The summed E-state index contributed by atoms with van der Waals surface area (Å²) in [6, 6.07) is 0. The van der Waals surface area contributed by atoms with Crippen LogP contribution in [0.1, 0.15) is 45.4 Å². The number of methoxy groups -OCH3 is 2. The van der Waals surface area contributed by atoms with Crippen molar-refractivity contribution >= 4 is 5.97 Å². The average Bonchev–Trinajstić information content (AvgIpc) is 2.36. The standard InChI is InChI=1S/C14H26O4/c1-5-13(18-12(2)15)10-8-6-7-9-11-14(16-3)17-4/h5,13-14H,1,6-11H2,2-4H3. The molecule has 4 nitrogen and oxygen atoms in total. The molecular formula is C14H26O4. The number of rotatable bonds is 11. The number of carbonyl (C=O) groups excluding carboxylic acids is 1. The van der Waals surface area contributed by atoms with Crippen LogP contribution in [0.4, 0.5) is 0 Å². The minimum absolute atomic E-state index is 0.0908. The van der Waals surface area contributed by atoms with Crippen LogP contribution in [0.25, 0.3) is 0 Å². The molecule has 18 heavy (non-hydrogen) atoms. The van der Waals surface area contributed by atoms with Crippen molar-refractivity contribution in [3.8, 4) is 0 Å². The Kier molecular flexibility index (Phi) is 10.7. The molecule has 0 aliphatic heterocycles. The van der Waals surface area contributed by atoms with E-state index in [0.29, 0.717) is 0 Å². The molecule has 1 atom stereocenters. The molecule has 0 rings (SSSR count). The van der Waals surface area contributed by atoms with Crippen molar-refractivity contribution < 1.29 is 19.0 Å². The van der Waals surface area contributed by atoms with E-state index in [1.54, 1.807) is 20.3 Å². The maximum Gasteiger partial charge on any atom is 0.303 e. The van der Waals surface area contributed by atoms with Gasteiger partial charge in [-0.3, -0.25) is 4.79 Å². The molecule has 0 spiro atoms. The Balaban J connectivity index is 3.48. The second-order valence-electron chi connectivity index (χ2n) is 4.28. The van der Waals surface area contributed by atoms with Crippen LogP contribution >= 0.6 is 0 Å². The fourth-order valence-electron chi connectivity index (χ4n) is 1.78. The van der Waals surface area contributed by atoms with Crippen LogP contribution in [0.2, 0.25) is 0 Å². The second kappa shape index (κ2) is 11.2. The molecule has 4 heteroatoms. The van der Waals surface area contributed by atoms with Gasteiger partial charge in [-0.1, -0.05) is 25.5 Å². The maximum absolute atomic E-state index is 10.8. The average molecular weight is 258 g/mol. The summed E-state index contributed by atoms with van der Waals surface area (Å²) < 4.78 is 15.3. The van der Waals surface area contributed by atoms with Gasteiger partial charge in [0.25, 0.3) is 0 Å². The smallest absolute Gasteiger partial charge is 0.303 e. The molecule has 0 N–H and O–H groups in total. The molecule has 1 unspecified atom stereocenters. The van der Waals surface area contributed by atoms with E-state index in [1.807, 2.05) is 0 Å². The molecule has 0 radical (unpaired) electrons. The first-order chi connectivity index (χ1) is 8.63. The van der Waals surface area contributed by atoms with Gasteiger partial charge in [-0.25, -0.2) is 0 Å². The van der Waals surface area contributed by atoms with Crippen LogP contribution in [0.5, 0.6) is 0 Å². The quantitative estimate of drug-likeness (QED) is 0.247. The van der Waals surface area contributed by atoms with Crippen molar-refractivity contribution in [2.24, 2.45) is 0 Å². The van der Waals surface area contributed by atoms with Gasteiger partial charge in [-0.2, -0.15) is 0 Å². The van der Waals surface area contributed by atoms with Gasteiger partial charge in [0.05, 0.1) is 0 Å². The number of ether oxygens (including phenoxy) is 3. The number of hydrogen-bond acceptors (Lipinski definition) is 4. The SMILES string of the molecule is C=CC(CCCCCCC(OC)OC)OC(C)=O.